The molecule has 0 saturated heterocycles. The first-order chi connectivity index (χ1) is 9.18. The lowest BCUT2D eigenvalue weighted by molar-refractivity contribution is 0.927. The summed E-state index contributed by atoms with van der Waals surface area (Å²) in [6.45, 7) is 0. The van der Waals surface area contributed by atoms with Crippen LogP contribution in [0.15, 0.2) is 53.3 Å². The van der Waals surface area contributed by atoms with Crippen LogP contribution >= 0.6 is 11.6 Å². The molecule has 0 amide bonds. The van der Waals surface area contributed by atoms with E-state index in [0.29, 0.717) is 21.7 Å². The topological polar surface area (TPSA) is 60.9 Å². The molecule has 2 N–H and O–H groups in total. The van der Waals surface area contributed by atoms with E-state index in [1.165, 1.54) is 0 Å². The van der Waals surface area contributed by atoms with E-state index in [0.717, 1.165) is 10.2 Å². The minimum atomic E-state index is -0.314. The standard InChI is InChI=1S/C14H10ClN3O/c15-11-8-4-7-10-12(11)17-13(18(16)14(10)19)9-5-2-1-3-6-9/h1-8H,16H2. The third-order valence-corrected chi connectivity index (χ3v) is 3.22. The average Bonchev–Trinajstić information content (AvgIpc) is 2.44. The summed E-state index contributed by atoms with van der Waals surface area (Å²) >= 11 is 6.09. The molecule has 5 heteroatoms. The summed E-state index contributed by atoms with van der Waals surface area (Å²) in [7, 11) is 0. The first-order valence-electron chi connectivity index (χ1n) is 5.70. The Kier molecular flexibility index (Phi) is 2.72. The Labute approximate surface area is 114 Å². The van der Waals surface area contributed by atoms with Gasteiger partial charge in [-0.1, -0.05) is 48.0 Å². The van der Waals surface area contributed by atoms with E-state index in [2.05, 4.69) is 4.98 Å². The van der Waals surface area contributed by atoms with Crippen molar-refractivity contribution in [1.29, 1.82) is 0 Å². The minimum Gasteiger partial charge on any atom is -0.334 e. The molecule has 0 saturated carbocycles. The van der Waals surface area contributed by atoms with E-state index in [1.807, 2.05) is 30.3 Å². The van der Waals surface area contributed by atoms with Crippen LogP contribution in [0.2, 0.25) is 5.02 Å². The zero-order valence-corrected chi connectivity index (χ0v) is 10.6. The average molecular weight is 272 g/mol. The smallest absolute Gasteiger partial charge is 0.280 e. The molecular formula is C14H10ClN3O. The fourth-order valence-corrected chi connectivity index (χ4v) is 2.19. The number of benzene rings is 2. The van der Waals surface area contributed by atoms with Crippen molar-refractivity contribution in [2.75, 3.05) is 5.84 Å². The monoisotopic (exact) mass is 271 g/mol. The van der Waals surface area contributed by atoms with E-state index in [1.54, 1.807) is 18.2 Å². The zero-order valence-electron chi connectivity index (χ0n) is 9.88. The summed E-state index contributed by atoms with van der Waals surface area (Å²) in [6, 6.07) is 14.4. The molecule has 94 valence electrons. The lowest BCUT2D eigenvalue weighted by Gasteiger charge is -2.09. The van der Waals surface area contributed by atoms with Crippen molar-refractivity contribution in [3.63, 3.8) is 0 Å². The number of hydrogen-bond acceptors (Lipinski definition) is 3. The van der Waals surface area contributed by atoms with Gasteiger partial charge in [-0.2, -0.15) is 0 Å². The van der Waals surface area contributed by atoms with Crippen molar-refractivity contribution < 1.29 is 0 Å². The van der Waals surface area contributed by atoms with Crippen molar-refractivity contribution in [2.24, 2.45) is 0 Å². The molecule has 0 bridgehead atoms. The first kappa shape index (κ1) is 11.7. The molecule has 0 unspecified atom stereocenters. The van der Waals surface area contributed by atoms with Crippen LogP contribution in [0.4, 0.5) is 0 Å². The number of hydrogen-bond donors (Lipinski definition) is 1. The zero-order chi connectivity index (χ0) is 13.4. The fourth-order valence-electron chi connectivity index (χ4n) is 1.98. The second-order valence-electron chi connectivity index (χ2n) is 4.11. The van der Waals surface area contributed by atoms with Crippen LogP contribution in [0.25, 0.3) is 22.3 Å². The van der Waals surface area contributed by atoms with Crippen molar-refractivity contribution in [2.45, 2.75) is 0 Å². The van der Waals surface area contributed by atoms with Crippen LogP contribution in [-0.2, 0) is 0 Å². The number of aromatic nitrogens is 2. The maximum Gasteiger partial charge on any atom is 0.280 e. The molecule has 1 heterocycles. The maximum atomic E-state index is 12.2. The maximum absolute atomic E-state index is 12.2. The Morgan fingerprint density at radius 3 is 2.53 bits per heavy atom. The molecule has 0 atom stereocenters. The number of para-hydroxylation sites is 1. The molecule has 1 aromatic heterocycles. The summed E-state index contributed by atoms with van der Waals surface area (Å²) in [5.74, 6) is 6.22. The summed E-state index contributed by atoms with van der Waals surface area (Å²) in [6.07, 6.45) is 0. The van der Waals surface area contributed by atoms with Gasteiger partial charge in [0.05, 0.1) is 15.9 Å². The molecule has 0 aliphatic heterocycles. The molecule has 0 aliphatic rings. The molecule has 3 rings (SSSR count). The second-order valence-corrected chi connectivity index (χ2v) is 4.52. The molecule has 2 aromatic carbocycles. The van der Waals surface area contributed by atoms with Crippen LogP contribution in [0, 0.1) is 0 Å². The number of fused-ring (bicyclic) bond motifs is 1. The number of nitrogens with two attached hydrogens (primary N) is 1. The van der Waals surface area contributed by atoms with Crippen LogP contribution in [0.5, 0.6) is 0 Å². The van der Waals surface area contributed by atoms with Gasteiger partial charge in [-0.25, -0.2) is 9.66 Å². The molecule has 0 aliphatic carbocycles. The lowest BCUT2D eigenvalue weighted by atomic mass is 10.2. The van der Waals surface area contributed by atoms with Crippen LogP contribution in [-0.4, -0.2) is 9.66 Å². The molecular weight excluding hydrogens is 262 g/mol. The number of nitrogen functional groups attached to an aromatic ring is 1. The van der Waals surface area contributed by atoms with Crippen molar-refractivity contribution in [3.05, 3.63) is 63.9 Å². The fraction of sp³-hybridized carbons (Fsp3) is 0. The number of halogens is 1. The predicted molar refractivity (Wildman–Crippen MR) is 76.6 cm³/mol. The molecule has 3 aromatic rings. The highest BCUT2D eigenvalue weighted by atomic mass is 35.5. The molecule has 4 nitrogen and oxygen atoms in total. The van der Waals surface area contributed by atoms with Gasteiger partial charge in [-0.05, 0) is 12.1 Å². The van der Waals surface area contributed by atoms with Crippen molar-refractivity contribution in [1.82, 2.24) is 9.66 Å². The summed E-state index contributed by atoms with van der Waals surface area (Å²) < 4.78 is 1.05. The second kappa shape index (κ2) is 4.40. The third kappa shape index (κ3) is 1.86. The summed E-state index contributed by atoms with van der Waals surface area (Å²) in [5, 5.41) is 0.849. The van der Waals surface area contributed by atoms with Crippen LogP contribution < -0.4 is 11.4 Å². The van der Waals surface area contributed by atoms with Crippen molar-refractivity contribution in [3.8, 4) is 11.4 Å². The Hall–Kier alpha value is -2.33. The van der Waals surface area contributed by atoms with E-state index in [4.69, 9.17) is 17.4 Å². The molecule has 19 heavy (non-hydrogen) atoms. The Bertz CT molecular complexity index is 812. The molecule has 0 radical (unpaired) electrons. The van der Waals surface area contributed by atoms with Gasteiger partial charge in [0.2, 0.25) is 0 Å². The van der Waals surface area contributed by atoms with E-state index < -0.39 is 0 Å². The van der Waals surface area contributed by atoms with Gasteiger partial charge in [0.1, 0.15) is 0 Å². The Morgan fingerprint density at radius 1 is 1.05 bits per heavy atom. The Balaban J connectivity index is 2.42. The molecule has 0 fully saturated rings. The predicted octanol–water partition coefficient (Wildman–Crippen LogP) is 2.43. The van der Waals surface area contributed by atoms with Crippen LogP contribution in [0.3, 0.4) is 0 Å². The SMILES string of the molecule is Nn1c(-c2ccccc2)nc2c(Cl)cccc2c1=O. The normalized spacial score (nSPS) is 10.8. The number of nitrogens with zero attached hydrogens (tertiary/aromatic N) is 2. The van der Waals surface area contributed by atoms with Gasteiger partial charge in [0.25, 0.3) is 5.56 Å². The highest BCUT2D eigenvalue weighted by Crippen LogP contribution is 2.22. The van der Waals surface area contributed by atoms with E-state index in [9.17, 15) is 4.79 Å². The highest BCUT2D eigenvalue weighted by Gasteiger charge is 2.12. The number of rotatable bonds is 1. The quantitative estimate of drug-likeness (QED) is 0.692. The lowest BCUT2D eigenvalue weighted by Crippen LogP contribution is -2.29. The van der Waals surface area contributed by atoms with Gasteiger partial charge < -0.3 is 5.84 Å². The third-order valence-electron chi connectivity index (χ3n) is 2.91. The first-order valence-corrected chi connectivity index (χ1v) is 6.08. The Morgan fingerprint density at radius 2 is 1.79 bits per heavy atom. The molecule has 0 spiro atoms. The summed E-state index contributed by atoms with van der Waals surface area (Å²) in [4.78, 5) is 16.6. The van der Waals surface area contributed by atoms with Crippen molar-refractivity contribution >= 4 is 22.5 Å². The van der Waals surface area contributed by atoms with Gasteiger partial charge >= 0.3 is 0 Å². The van der Waals surface area contributed by atoms with Crippen LogP contribution in [0.1, 0.15) is 0 Å². The van der Waals surface area contributed by atoms with E-state index >= 15 is 0 Å². The van der Waals surface area contributed by atoms with Gasteiger partial charge in [0, 0.05) is 5.56 Å². The van der Waals surface area contributed by atoms with Gasteiger partial charge in [0.15, 0.2) is 5.82 Å². The minimum absolute atomic E-state index is 0.314. The largest absolute Gasteiger partial charge is 0.334 e. The van der Waals surface area contributed by atoms with Gasteiger partial charge in [-0.15, -0.1) is 0 Å². The summed E-state index contributed by atoms with van der Waals surface area (Å²) in [5.41, 5.74) is 0.921. The van der Waals surface area contributed by atoms with E-state index in [-0.39, 0.29) is 5.56 Å². The van der Waals surface area contributed by atoms with Gasteiger partial charge in [-0.3, -0.25) is 4.79 Å². The highest BCUT2D eigenvalue weighted by molar-refractivity contribution is 6.35.